The van der Waals surface area contributed by atoms with Crippen LogP contribution < -0.4 is 14.4 Å². The molecule has 0 saturated carbocycles. The number of ether oxygens (including phenoxy) is 1. The van der Waals surface area contributed by atoms with E-state index in [1.165, 1.54) is 23.1 Å². The van der Waals surface area contributed by atoms with Crippen molar-refractivity contribution in [1.82, 2.24) is 10.2 Å². The van der Waals surface area contributed by atoms with Crippen molar-refractivity contribution in [1.29, 1.82) is 0 Å². The number of hydrogen-bond acceptors (Lipinski definition) is 5. The molecule has 11 heteroatoms. The molecule has 0 bridgehead atoms. The molecule has 0 heterocycles. The number of carbonyl (C=O) groups is 2. The molecule has 1 unspecified atom stereocenters. The lowest BCUT2D eigenvalue weighted by Crippen LogP contribution is -2.52. The highest BCUT2D eigenvalue weighted by Crippen LogP contribution is 2.30. The van der Waals surface area contributed by atoms with Crippen molar-refractivity contribution in [3.8, 4) is 5.75 Å². The maximum atomic E-state index is 13.5. The Balaban J connectivity index is 2.41. The first-order valence-electron chi connectivity index (χ1n) is 10.5. The standard InChI is InChI=1S/C23H29Cl2N3O5S/c1-15(2)26-23(30)16(3)27(13-17-6-9-19(33-4)10-7-17)22(29)14-28(34(5,31)32)21-11-8-18(24)12-20(21)25/h6-12,15-16H,13-14H2,1-5H3,(H,26,30). The number of anilines is 1. The number of halogens is 2. The van der Waals surface area contributed by atoms with Gasteiger partial charge in [-0.05, 0) is 56.7 Å². The fourth-order valence-electron chi connectivity index (χ4n) is 3.19. The first kappa shape index (κ1) is 27.8. The lowest BCUT2D eigenvalue weighted by atomic mass is 10.1. The van der Waals surface area contributed by atoms with Crippen LogP contribution in [0.1, 0.15) is 26.3 Å². The number of rotatable bonds is 10. The summed E-state index contributed by atoms with van der Waals surface area (Å²) in [5.41, 5.74) is 0.861. The van der Waals surface area contributed by atoms with E-state index in [4.69, 9.17) is 27.9 Å². The molecule has 2 rings (SSSR count). The van der Waals surface area contributed by atoms with Gasteiger partial charge in [-0.1, -0.05) is 35.3 Å². The topological polar surface area (TPSA) is 96.0 Å². The number of nitrogens with zero attached hydrogens (tertiary/aromatic N) is 2. The van der Waals surface area contributed by atoms with Crippen molar-refractivity contribution in [2.75, 3.05) is 24.2 Å². The number of carbonyl (C=O) groups excluding carboxylic acids is 2. The zero-order valence-electron chi connectivity index (χ0n) is 19.7. The minimum absolute atomic E-state index is 0.0815. The van der Waals surface area contributed by atoms with E-state index in [1.807, 2.05) is 13.8 Å². The zero-order valence-corrected chi connectivity index (χ0v) is 22.0. The van der Waals surface area contributed by atoms with Crippen LogP contribution in [0.4, 0.5) is 5.69 Å². The molecule has 8 nitrogen and oxygen atoms in total. The van der Waals surface area contributed by atoms with E-state index in [1.54, 1.807) is 38.3 Å². The van der Waals surface area contributed by atoms with Crippen LogP contribution in [0.3, 0.4) is 0 Å². The fraction of sp³-hybridized carbons (Fsp3) is 0.391. The number of amides is 2. The van der Waals surface area contributed by atoms with Crippen LogP contribution in [0.2, 0.25) is 10.0 Å². The lowest BCUT2D eigenvalue weighted by Gasteiger charge is -2.32. The summed E-state index contributed by atoms with van der Waals surface area (Å²) in [5.74, 6) is -0.279. The average molecular weight is 530 g/mol. The molecule has 34 heavy (non-hydrogen) atoms. The monoisotopic (exact) mass is 529 g/mol. The summed E-state index contributed by atoms with van der Waals surface area (Å²) in [6.45, 7) is 4.76. The van der Waals surface area contributed by atoms with Gasteiger partial charge >= 0.3 is 0 Å². The van der Waals surface area contributed by atoms with E-state index in [-0.39, 0.29) is 29.2 Å². The van der Waals surface area contributed by atoms with E-state index in [0.29, 0.717) is 10.8 Å². The third-order valence-electron chi connectivity index (χ3n) is 4.97. The van der Waals surface area contributed by atoms with Gasteiger partial charge in [0.15, 0.2) is 0 Å². The number of methoxy groups -OCH3 is 1. The van der Waals surface area contributed by atoms with Gasteiger partial charge in [-0.15, -0.1) is 0 Å². The Morgan fingerprint density at radius 1 is 1.06 bits per heavy atom. The van der Waals surface area contributed by atoms with Gasteiger partial charge in [-0.2, -0.15) is 0 Å². The molecule has 0 saturated heterocycles. The molecule has 0 radical (unpaired) electrons. The largest absolute Gasteiger partial charge is 0.497 e. The fourth-order valence-corrected chi connectivity index (χ4v) is 4.62. The Bertz CT molecular complexity index is 1120. The number of hydrogen-bond donors (Lipinski definition) is 1. The first-order valence-corrected chi connectivity index (χ1v) is 13.1. The molecule has 0 fully saturated rings. The third kappa shape index (κ3) is 7.51. The molecule has 2 aromatic rings. The van der Waals surface area contributed by atoms with E-state index in [0.717, 1.165) is 16.1 Å². The normalized spacial score (nSPS) is 12.2. The first-order chi connectivity index (χ1) is 15.8. The number of sulfonamides is 1. The van der Waals surface area contributed by atoms with Crippen LogP contribution in [-0.4, -0.2) is 57.1 Å². The van der Waals surface area contributed by atoms with E-state index < -0.39 is 28.5 Å². The Hall–Kier alpha value is -2.49. The summed E-state index contributed by atoms with van der Waals surface area (Å²) in [6.07, 6.45) is 0.980. The van der Waals surface area contributed by atoms with Crippen molar-refractivity contribution < 1.29 is 22.7 Å². The molecule has 0 spiro atoms. The molecular weight excluding hydrogens is 501 g/mol. The third-order valence-corrected chi connectivity index (χ3v) is 6.63. The smallest absolute Gasteiger partial charge is 0.244 e. The molecule has 0 aliphatic heterocycles. The second-order valence-corrected chi connectivity index (χ2v) is 10.8. The van der Waals surface area contributed by atoms with Crippen molar-refractivity contribution in [3.63, 3.8) is 0 Å². The molecule has 1 atom stereocenters. The summed E-state index contributed by atoms with van der Waals surface area (Å²) in [7, 11) is -2.34. The highest BCUT2D eigenvalue weighted by molar-refractivity contribution is 7.92. The second kappa shape index (κ2) is 11.8. The van der Waals surface area contributed by atoms with Gasteiger partial charge in [0.25, 0.3) is 0 Å². The molecule has 0 aliphatic carbocycles. The minimum atomic E-state index is -3.89. The van der Waals surface area contributed by atoms with E-state index >= 15 is 0 Å². The van der Waals surface area contributed by atoms with Crippen LogP contribution in [0.25, 0.3) is 0 Å². The maximum Gasteiger partial charge on any atom is 0.244 e. The summed E-state index contributed by atoms with van der Waals surface area (Å²) >= 11 is 12.2. The van der Waals surface area contributed by atoms with Gasteiger partial charge in [-0.3, -0.25) is 13.9 Å². The number of nitrogens with one attached hydrogen (secondary N) is 1. The Morgan fingerprint density at radius 3 is 2.18 bits per heavy atom. The van der Waals surface area contributed by atoms with Crippen LogP contribution in [0.15, 0.2) is 42.5 Å². The second-order valence-electron chi connectivity index (χ2n) is 8.07. The van der Waals surface area contributed by atoms with Gasteiger partial charge in [0.1, 0.15) is 18.3 Å². The van der Waals surface area contributed by atoms with Gasteiger partial charge < -0.3 is 15.0 Å². The van der Waals surface area contributed by atoms with Crippen LogP contribution in [0, 0.1) is 0 Å². The van der Waals surface area contributed by atoms with Gasteiger partial charge in [0.05, 0.1) is 24.1 Å². The zero-order chi connectivity index (χ0) is 25.6. The number of benzene rings is 2. The van der Waals surface area contributed by atoms with E-state index in [9.17, 15) is 18.0 Å². The molecule has 0 aliphatic rings. The van der Waals surface area contributed by atoms with Gasteiger partial charge in [0.2, 0.25) is 21.8 Å². The Labute approximate surface area is 210 Å². The maximum absolute atomic E-state index is 13.5. The van der Waals surface area contributed by atoms with Crippen molar-refractivity contribution >= 4 is 50.7 Å². The molecule has 0 aromatic heterocycles. The summed E-state index contributed by atoms with van der Waals surface area (Å²) in [6, 6.07) is 10.4. The van der Waals surface area contributed by atoms with Gasteiger partial charge in [-0.25, -0.2) is 8.42 Å². The molecule has 2 aromatic carbocycles. The quantitative estimate of drug-likeness (QED) is 0.506. The van der Waals surface area contributed by atoms with E-state index in [2.05, 4.69) is 5.32 Å². The Kier molecular flexibility index (Phi) is 9.61. The molecule has 186 valence electrons. The molecular formula is C23H29Cl2N3O5S. The van der Waals surface area contributed by atoms with Crippen molar-refractivity contribution in [2.24, 2.45) is 0 Å². The lowest BCUT2D eigenvalue weighted by molar-refractivity contribution is -0.139. The Morgan fingerprint density at radius 2 is 1.68 bits per heavy atom. The molecule has 1 N–H and O–H groups in total. The summed E-state index contributed by atoms with van der Waals surface area (Å²) in [5, 5.41) is 3.20. The minimum Gasteiger partial charge on any atom is -0.497 e. The highest BCUT2D eigenvalue weighted by atomic mass is 35.5. The predicted octanol–water partition coefficient (Wildman–Crippen LogP) is 3.71. The van der Waals surface area contributed by atoms with Crippen LogP contribution >= 0.6 is 23.2 Å². The summed E-state index contributed by atoms with van der Waals surface area (Å²) < 4.78 is 31.2. The highest BCUT2D eigenvalue weighted by Gasteiger charge is 2.31. The SMILES string of the molecule is COc1ccc(CN(C(=O)CN(c2ccc(Cl)cc2Cl)S(C)(=O)=O)C(C)C(=O)NC(C)C)cc1. The predicted molar refractivity (Wildman–Crippen MR) is 135 cm³/mol. The van der Waals surface area contributed by atoms with Crippen molar-refractivity contribution in [3.05, 3.63) is 58.1 Å². The summed E-state index contributed by atoms with van der Waals surface area (Å²) in [4.78, 5) is 27.5. The van der Waals surface area contributed by atoms with Crippen LogP contribution in [0.5, 0.6) is 5.75 Å². The van der Waals surface area contributed by atoms with Gasteiger partial charge in [0, 0.05) is 17.6 Å². The van der Waals surface area contributed by atoms with Crippen LogP contribution in [-0.2, 0) is 26.2 Å². The molecule has 2 amide bonds. The average Bonchev–Trinajstić information content (AvgIpc) is 2.75. The van der Waals surface area contributed by atoms with Crippen molar-refractivity contribution in [2.45, 2.75) is 39.4 Å².